The van der Waals surface area contributed by atoms with Crippen molar-refractivity contribution < 1.29 is 4.74 Å². The Morgan fingerprint density at radius 3 is 2.23 bits per heavy atom. The molecule has 0 radical (unpaired) electrons. The Hall–Kier alpha value is -2.30. The van der Waals surface area contributed by atoms with E-state index in [2.05, 4.69) is 26.5 Å². The first kappa shape index (κ1) is 18.5. The maximum absolute atomic E-state index is 5.87. The first-order chi connectivity index (χ1) is 12.7. The van der Waals surface area contributed by atoms with Crippen molar-refractivity contribution in [2.45, 2.75) is 13.2 Å². The molecule has 5 heteroatoms. The molecule has 0 aliphatic heterocycles. The average Bonchev–Trinajstić information content (AvgIpc) is 2.67. The Labute approximate surface area is 166 Å². The Balaban J connectivity index is 1.46. The van der Waals surface area contributed by atoms with E-state index in [1.165, 1.54) is 0 Å². The third-order valence-electron chi connectivity index (χ3n) is 3.70. The lowest BCUT2D eigenvalue weighted by Crippen LogP contribution is -2.05. The Kier molecular flexibility index (Phi) is 6.69. The average molecular weight is 430 g/mol. The zero-order chi connectivity index (χ0) is 18.2. The van der Waals surface area contributed by atoms with Crippen LogP contribution in [-0.4, -0.2) is 6.21 Å². The van der Waals surface area contributed by atoms with Crippen molar-refractivity contribution in [3.8, 4) is 5.75 Å². The normalized spacial score (nSPS) is 10.8. The summed E-state index contributed by atoms with van der Waals surface area (Å²) in [6.07, 6.45) is 1.79. The van der Waals surface area contributed by atoms with Crippen LogP contribution in [0.5, 0.6) is 5.75 Å². The second kappa shape index (κ2) is 9.41. The highest BCUT2D eigenvalue weighted by Gasteiger charge is 1.97. The highest BCUT2D eigenvalue weighted by molar-refractivity contribution is 9.10. The van der Waals surface area contributed by atoms with Crippen LogP contribution in [0.2, 0.25) is 5.02 Å². The summed E-state index contributed by atoms with van der Waals surface area (Å²) >= 11 is 9.29. The maximum Gasteiger partial charge on any atom is 0.119 e. The lowest BCUT2D eigenvalue weighted by Gasteiger charge is -2.06. The van der Waals surface area contributed by atoms with Gasteiger partial charge in [0.2, 0.25) is 0 Å². The van der Waals surface area contributed by atoms with Gasteiger partial charge in [0, 0.05) is 9.50 Å². The fourth-order valence-electron chi connectivity index (χ4n) is 2.26. The third-order valence-corrected chi connectivity index (χ3v) is 4.48. The fraction of sp³-hybridized carbons (Fsp3) is 0.0952. The molecule has 0 spiro atoms. The number of halogens is 2. The van der Waals surface area contributed by atoms with Gasteiger partial charge < -0.3 is 10.2 Å². The molecule has 0 heterocycles. The summed E-state index contributed by atoms with van der Waals surface area (Å²) in [7, 11) is 0. The van der Waals surface area contributed by atoms with Crippen molar-refractivity contribution in [3.05, 3.63) is 99.0 Å². The minimum atomic E-state index is 0.545. The number of nitrogens with one attached hydrogen (secondary N) is 1. The highest BCUT2D eigenvalue weighted by Crippen LogP contribution is 2.15. The smallest absolute Gasteiger partial charge is 0.119 e. The van der Waals surface area contributed by atoms with Crippen molar-refractivity contribution in [2.75, 3.05) is 0 Å². The topological polar surface area (TPSA) is 33.6 Å². The Morgan fingerprint density at radius 1 is 0.885 bits per heavy atom. The summed E-state index contributed by atoms with van der Waals surface area (Å²) in [5, 5.41) is 4.97. The van der Waals surface area contributed by atoms with Gasteiger partial charge in [-0.15, -0.1) is 0 Å². The van der Waals surface area contributed by atoms with E-state index in [0.717, 1.165) is 31.9 Å². The van der Waals surface area contributed by atoms with Gasteiger partial charge in [-0.2, -0.15) is 5.10 Å². The fourth-order valence-corrected chi connectivity index (χ4v) is 2.65. The first-order valence-electron chi connectivity index (χ1n) is 8.17. The number of nitrogens with zero attached hydrogens (tertiary/aromatic N) is 1. The lowest BCUT2D eigenvalue weighted by atomic mass is 10.2. The summed E-state index contributed by atoms with van der Waals surface area (Å²) in [5.74, 6) is 0.833. The molecule has 0 aliphatic carbocycles. The first-order valence-corrected chi connectivity index (χ1v) is 9.34. The van der Waals surface area contributed by atoms with Gasteiger partial charge in [-0.25, -0.2) is 0 Å². The summed E-state index contributed by atoms with van der Waals surface area (Å²) < 4.78 is 6.86. The predicted molar refractivity (Wildman–Crippen MR) is 111 cm³/mol. The van der Waals surface area contributed by atoms with Gasteiger partial charge >= 0.3 is 0 Å². The summed E-state index contributed by atoms with van der Waals surface area (Å²) in [4.78, 5) is 0. The van der Waals surface area contributed by atoms with Gasteiger partial charge in [-0.3, -0.25) is 0 Å². The SMILES string of the molecule is Clc1ccc(CN/N=C\c2ccc(OCc3ccc(Br)cc3)cc2)cc1. The molecule has 132 valence electrons. The zero-order valence-corrected chi connectivity index (χ0v) is 16.4. The van der Waals surface area contributed by atoms with Crippen molar-refractivity contribution in [2.24, 2.45) is 5.10 Å². The molecule has 1 N–H and O–H groups in total. The second-order valence-electron chi connectivity index (χ2n) is 5.70. The largest absolute Gasteiger partial charge is 0.489 e. The van der Waals surface area contributed by atoms with Crippen LogP contribution in [0.3, 0.4) is 0 Å². The predicted octanol–water partition coefficient (Wildman–Crippen LogP) is 5.81. The van der Waals surface area contributed by atoms with E-state index in [0.29, 0.717) is 13.2 Å². The summed E-state index contributed by atoms with van der Waals surface area (Å²) in [6.45, 7) is 1.20. The molecule has 0 atom stereocenters. The molecule has 0 amide bonds. The number of rotatable bonds is 7. The third kappa shape index (κ3) is 5.90. The Morgan fingerprint density at radius 2 is 1.54 bits per heavy atom. The van der Waals surface area contributed by atoms with Gasteiger partial charge in [-0.05, 0) is 65.2 Å². The molecule has 0 saturated heterocycles. The molecular formula is C21H18BrClN2O. The molecule has 0 aromatic heterocycles. The van der Waals surface area contributed by atoms with Crippen LogP contribution in [0, 0.1) is 0 Å². The molecule has 0 saturated carbocycles. The van der Waals surface area contributed by atoms with Gasteiger partial charge in [0.15, 0.2) is 0 Å². The van der Waals surface area contributed by atoms with E-state index in [-0.39, 0.29) is 0 Å². The second-order valence-corrected chi connectivity index (χ2v) is 7.06. The van der Waals surface area contributed by atoms with Crippen LogP contribution >= 0.6 is 27.5 Å². The van der Waals surface area contributed by atoms with E-state index in [4.69, 9.17) is 16.3 Å². The highest BCUT2D eigenvalue weighted by atomic mass is 79.9. The van der Waals surface area contributed by atoms with Crippen LogP contribution in [0.25, 0.3) is 0 Å². The van der Waals surface area contributed by atoms with E-state index >= 15 is 0 Å². The summed E-state index contributed by atoms with van der Waals surface area (Å²) in [6, 6.07) is 23.6. The van der Waals surface area contributed by atoms with Crippen molar-refractivity contribution in [3.63, 3.8) is 0 Å². The minimum absolute atomic E-state index is 0.545. The van der Waals surface area contributed by atoms with E-state index < -0.39 is 0 Å². The monoisotopic (exact) mass is 428 g/mol. The zero-order valence-electron chi connectivity index (χ0n) is 14.0. The number of ether oxygens (including phenoxy) is 1. The van der Waals surface area contributed by atoms with Gasteiger partial charge in [0.1, 0.15) is 12.4 Å². The molecule has 0 bridgehead atoms. The van der Waals surface area contributed by atoms with Crippen LogP contribution in [0.15, 0.2) is 82.4 Å². The van der Waals surface area contributed by atoms with E-state index in [1.807, 2.05) is 72.8 Å². The minimum Gasteiger partial charge on any atom is -0.489 e. The molecule has 3 aromatic carbocycles. The molecular weight excluding hydrogens is 412 g/mol. The van der Waals surface area contributed by atoms with Crippen molar-refractivity contribution in [1.29, 1.82) is 0 Å². The van der Waals surface area contributed by atoms with Crippen LogP contribution in [0.4, 0.5) is 0 Å². The van der Waals surface area contributed by atoms with Crippen molar-refractivity contribution >= 4 is 33.7 Å². The Bertz CT molecular complexity index is 847. The van der Waals surface area contributed by atoms with Gasteiger partial charge in [0.05, 0.1) is 12.8 Å². The molecule has 0 fully saturated rings. The molecule has 3 nitrogen and oxygen atoms in total. The maximum atomic E-state index is 5.87. The van der Waals surface area contributed by atoms with Gasteiger partial charge in [-0.1, -0.05) is 51.8 Å². The lowest BCUT2D eigenvalue weighted by molar-refractivity contribution is 0.306. The number of hydrazone groups is 1. The molecule has 26 heavy (non-hydrogen) atoms. The van der Waals surface area contributed by atoms with Crippen LogP contribution in [0.1, 0.15) is 16.7 Å². The number of hydrogen-bond acceptors (Lipinski definition) is 3. The molecule has 3 rings (SSSR count). The van der Waals surface area contributed by atoms with E-state index in [9.17, 15) is 0 Å². The number of hydrogen-bond donors (Lipinski definition) is 1. The molecule has 3 aromatic rings. The summed E-state index contributed by atoms with van der Waals surface area (Å²) in [5.41, 5.74) is 6.29. The van der Waals surface area contributed by atoms with Gasteiger partial charge in [0.25, 0.3) is 0 Å². The van der Waals surface area contributed by atoms with E-state index in [1.54, 1.807) is 6.21 Å². The standard InChI is InChI=1S/C21H18BrClN2O/c22-19-7-1-18(2-8-19)15-26-21-11-5-17(6-12-21)14-25-24-13-16-3-9-20(23)10-4-16/h1-12,14,24H,13,15H2/b25-14-. The van der Waals surface area contributed by atoms with Crippen molar-refractivity contribution in [1.82, 2.24) is 5.43 Å². The number of benzene rings is 3. The molecule has 0 unspecified atom stereocenters. The van der Waals surface area contributed by atoms with Crippen LogP contribution < -0.4 is 10.2 Å². The van der Waals surface area contributed by atoms with Crippen LogP contribution in [-0.2, 0) is 13.2 Å². The molecule has 0 aliphatic rings. The quantitative estimate of drug-likeness (QED) is 0.380.